The molecule has 1 aliphatic rings. The zero-order valence-electron chi connectivity index (χ0n) is 18.4. The van der Waals surface area contributed by atoms with Crippen molar-refractivity contribution < 1.29 is 4.79 Å². The van der Waals surface area contributed by atoms with Gasteiger partial charge in [-0.3, -0.25) is 14.3 Å². The molecule has 33 heavy (non-hydrogen) atoms. The van der Waals surface area contributed by atoms with Crippen LogP contribution in [0.25, 0.3) is 22.5 Å². The minimum atomic E-state index is -0.0726. The summed E-state index contributed by atoms with van der Waals surface area (Å²) in [6.07, 6.45) is 5.75. The van der Waals surface area contributed by atoms with Crippen LogP contribution in [-0.2, 0) is 4.79 Å². The van der Waals surface area contributed by atoms with Gasteiger partial charge in [0.2, 0.25) is 5.91 Å². The van der Waals surface area contributed by atoms with Crippen LogP contribution in [-0.4, -0.2) is 31.4 Å². The molecule has 1 atom stereocenters. The van der Waals surface area contributed by atoms with Crippen molar-refractivity contribution in [2.45, 2.75) is 37.0 Å². The number of thioether (sulfide) groups is 1. The van der Waals surface area contributed by atoms with Crippen LogP contribution < -0.4 is 5.32 Å². The molecule has 166 valence electrons. The van der Waals surface area contributed by atoms with E-state index in [1.54, 1.807) is 12.4 Å². The Morgan fingerprint density at radius 1 is 0.970 bits per heavy atom. The number of hydrogen-bond donors (Lipinski definition) is 1. The molecule has 0 saturated heterocycles. The minimum Gasteiger partial charge on any atom is -0.349 e. The fourth-order valence-corrected chi connectivity index (χ4v) is 4.64. The van der Waals surface area contributed by atoms with Crippen LogP contribution in [0.5, 0.6) is 0 Å². The van der Waals surface area contributed by atoms with Crippen molar-refractivity contribution in [1.82, 2.24) is 25.1 Å². The summed E-state index contributed by atoms with van der Waals surface area (Å²) < 4.78 is 2.17. The van der Waals surface area contributed by atoms with E-state index in [1.807, 2.05) is 37.3 Å². The van der Waals surface area contributed by atoms with Gasteiger partial charge in [0.15, 0.2) is 11.0 Å². The fraction of sp³-hybridized carbons (Fsp3) is 0.231. The third kappa shape index (κ3) is 4.98. The van der Waals surface area contributed by atoms with E-state index in [2.05, 4.69) is 61.5 Å². The number of pyridine rings is 1. The molecule has 1 saturated carbocycles. The zero-order chi connectivity index (χ0) is 22.6. The van der Waals surface area contributed by atoms with E-state index in [0.717, 1.165) is 40.5 Å². The van der Waals surface area contributed by atoms with Gasteiger partial charge in [-0.1, -0.05) is 66.4 Å². The molecular formula is C26H25N5OS. The van der Waals surface area contributed by atoms with Gasteiger partial charge in [0.05, 0.1) is 11.8 Å². The molecule has 0 spiro atoms. The van der Waals surface area contributed by atoms with E-state index in [9.17, 15) is 4.79 Å². The number of aromatic nitrogens is 4. The molecule has 6 nitrogen and oxygen atoms in total. The van der Waals surface area contributed by atoms with Gasteiger partial charge < -0.3 is 5.32 Å². The van der Waals surface area contributed by atoms with Gasteiger partial charge in [0.1, 0.15) is 0 Å². The second-order valence-corrected chi connectivity index (χ2v) is 9.15. The lowest BCUT2D eigenvalue weighted by atomic mass is 10.0. The smallest absolute Gasteiger partial charge is 0.230 e. The van der Waals surface area contributed by atoms with Crippen LogP contribution >= 0.6 is 11.8 Å². The van der Waals surface area contributed by atoms with Crippen LogP contribution in [0.4, 0.5) is 0 Å². The molecule has 1 amide bonds. The van der Waals surface area contributed by atoms with Crippen molar-refractivity contribution in [2.75, 3.05) is 5.75 Å². The van der Waals surface area contributed by atoms with Crippen LogP contribution in [0.15, 0.2) is 84.3 Å². The summed E-state index contributed by atoms with van der Waals surface area (Å²) in [6.45, 7) is 2.01. The highest BCUT2D eigenvalue weighted by atomic mass is 32.2. The first-order chi connectivity index (χ1) is 16.2. The predicted octanol–water partition coefficient (Wildman–Crippen LogP) is 5.31. The molecule has 0 unspecified atom stereocenters. The Morgan fingerprint density at radius 3 is 2.36 bits per heavy atom. The number of rotatable bonds is 8. The molecule has 2 heterocycles. The van der Waals surface area contributed by atoms with Crippen molar-refractivity contribution in [3.05, 3.63) is 84.7 Å². The van der Waals surface area contributed by atoms with Gasteiger partial charge >= 0.3 is 0 Å². The van der Waals surface area contributed by atoms with Crippen LogP contribution in [0.3, 0.4) is 0 Å². The van der Waals surface area contributed by atoms with E-state index < -0.39 is 0 Å². The first-order valence-electron chi connectivity index (χ1n) is 11.1. The first kappa shape index (κ1) is 21.4. The highest BCUT2D eigenvalue weighted by Crippen LogP contribution is 2.41. The van der Waals surface area contributed by atoms with Gasteiger partial charge in [0, 0.05) is 24.0 Å². The maximum Gasteiger partial charge on any atom is 0.230 e. The molecule has 4 aromatic rings. The topological polar surface area (TPSA) is 72.7 Å². The molecule has 2 aromatic carbocycles. The largest absolute Gasteiger partial charge is 0.349 e. The number of amides is 1. The minimum absolute atomic E-state index is 0.0181. The molecule has 5 rings (SSSR count). The molecule has 0 bridgehead atoms. The lowest BCUT2D eigenvalue weighted by Crippen LogP contribution is -2.28. The molecule has 1 aliphatic carbocycles. The Labute approximate surface area is 197 Å². The number of hydrogen-bond acceptors (Lipinski definition) is 5. The van der Waals surface area contributed by atoms with Gasteiger partial charge in [-0.15, -0.1) is 10.2 Å². The number of nitrogens with one attached hydrogen (secondary N) is 1. The van der Waals surface area contributed by atoms with E-state index in [4.69, 9.17) is 0 Å². The summed E-state index contributed by atoms with van der Waals surface area (Å²) in [7, 11) is 0. The average molecular weight is 456 g/mol. The zero-order valence-corrected chi connectivity index (χ0v) is 19.2. The normalized spacial score (nSPS) is 14.1. The van der Waals surface area contributed by atoms with Crippen molar-refractivity contribution >= 4 is 17.7 Å². The van der Waals surface area contributed by atoms with Gasteiger partial charge in [0.25, 0.3) is 0 Å². The number of carbonyl (C=O) groups is 1. The van der Waals surface area contributed by atoms with E-state index >= 15 is 0 Å². The van der Waals surface area contributed by atoms with Crippen molar-refractivity contribution in [3.63, 3.8) is 0 Å². The van der Waals surface area contributed by atoms with E-state index in [0.29, 0.717) is 11.8 Å². The standard InChI is InChI=1S/C26H25N5OS/c1-18(19-7-9-21(10-8-19)20-5-3-2-4-6-20)28-24(32)17-33-26-30-29-25(31(26)23-11-12-23)22-13-15-27-16-14-22/h2-10,13-16,18,23H,11-12,17H2,1H3,(H,28,32)/t18-/m0/s1. The van der Waals surface area contributed by atoms with Crippen molar-refractivity contribution in [3.8, 4) is 22.5 Å². The number of benzene rings is 2. The summed E-state index contributed by atoms with van der Waals surface area (Å²) in [5.41, 5.74) is 4.42. The second-order valence-electron chi connectivity index (χ2n) is 8.21. The SMILES string of the molecule is C[C@H](NC(=O)CSc1nnc(-c2ccncc2)n1C1CC1)c1ccc(-c2ccccc2)cc1. The van der Waals surface area contributed by atoms with Crippen molar-refractivity contribution in [1.29, 1.82) is 0 Å². The van der Waals surface area contributed by atoms with Crippen LogP contribution in [0.1, 0.15) is 37.4 Å². The second kappa shape index (κ2) is 9.58. The lowest BCUT2D eigenvalue weighted by molar-refractivity contribution is -0.119. The molecule has 1 N–H and O–H groups in total. The van der Waals surface area contributed by atoms with Crippen LogP contribution in [0, 0.1) is 0 Å². The Morgan fingerprint density at radius 2 is 1.67 bits per heavy atom. The molecule has 1 fully saturated rings. The maximum atomic E-state index is 12.7. The third-order valence-electron chi connectivity index (χ3n) is 5.74. The monoisotopic (exact) mass is 455 g/mol. The predicted molar refractivity (Wildman–Crippen MR) is 131 cm³/mol. The van der Waals surface area contributed by atoms with Crippen LogP contribution in [0.2, 0.25) is 0 Å². The first-order valence-corrected chi connectivity index (χ1v) is 12.1. The highest BCUT2D eigenvalue weighted by molar-refractivity contribution is 7.99. The summed E-state index contributed by atoms with van der Waals surface area (Å²) in [5, 5.41) is 12.7. The summed E-state index contributed by atoms with van der Waals surface area (Å²) in [4.78, 5) is 16.7. The Kier molecular flexibility index (Phi) is 6.21. The summed E-state index contributed by atoms with van der Waals surface area (Å²) in [6, 6.07) is 22.8. The van der Waals surface area contributed by atoms with E-state index in [-0.39, 0.29) is 11.9 Å². The third-order valence-corrected chi connectivity index (χ3v) is 6.69. The summed E-state index contributed by atoms with van der Waals surface area (Å²) >= 11 is 1.44. The molecule has 0 aliphatic heterocycles. The van der Waals surface area contributed by atoms with Gasteiger partial charge in [-0.2, -0.15) is 0 Å². The van der Waals surface area contributed by atoms with E-state index in [1.165, 1.54) is 17.3 Å². The van der Waals surface area contributed by atoms with Gasteiger partial charge in [-0.25, -0.2) is 0 Å². The average Bonchev–Trinajstić information content (AvgIpc) is 3.62. The summed E-state index contributed by atoms with van der Waals surface area (Å²) in [5.74, 6) is 1.12. The molecule has 7 heteroatoms. The lowest BCUT2D eigenvalue weighted by Gasteiger charge is -2.15. The Bertz CT molecular complexity index is 1220. The highest BCUT2D eigenvalue weighted by Gasteiger charge is 2.30. The molecule has 0 radical (unpaired) electrons. The Hall–Kier alpha value is -3.45. The number of carbonyl (C=O) groups excluding carboxylic acids is 1. The van der Waals surface area contributed by atoms with Crippen molar-refractivity contribution in [2.24, 2.45) is 0 Å². The molecule has 2 aromatic heterocycles. The number of nitrogens with zero attached hydrogens (tertiary/aromatic N) is 4. The Balaban J connectivity index is 1.21. The maximum absolute atomic E-state index is 12.7. The quantitative estimate of drug-likeness (QED) is 0.365. The molecular weight excluding hydrogens is 430 g/mol. The van der Waals surface area contributed by atoms with Gasteiger partial charge in [-0.05, 0) is 48.6 Å². The fourth-order valence-electron chi connectivity index (χ4n) is 3.83.